The summed E-state index contributed by atoms with van der Waals surface area (Å²) in [5.74, 6) is 0. The van der Waals surface area contributed by atoms with Crippen molar-refractivity contribution >= 4 is 23.9 Å². The molecule has 0 aliphatic rings. The van der Waals surface area contributed by atoms with Gasteiger partial charge in [0.05, 0.1) is 0 Å². The van der Waals surface area contributed by atoms with E-state index in [1.165, 1.54) is 4.88 Å². The summed E-state index contributed by atoms with van der Waals surface area (Å²) in [5, 5.41) is 19.8. The van der Waals surface area contributed by atoms with Gasteiger partial charge in [0.1, 0.15) is 0 Å². The lowest BCUT2D eigenvalue weighted by Crippen LogP contribution is -2.29. The van der Waals surface area contributed by atoms with Crippen molar-refractivity contribution in [3.05, 3.63) is 41.8 Å². The normalized spacial score (nSPS) is 10.1. The fraction of sp³-hybridized carbons (Fsp3) is 0. The van der Waals surface area contributed by atoms with Crippen LogP contribution in [0.15, 0.2) is 41.8 Å². The molecule has 14 heavy (non-hydrogen) atoms. The van der Waals surface area contributed by atoms with Crippen LogP contribution in [-0.4, -0.2) is 17.2 Å². The van der Waals surface area contributed by atoms with Crippen LogP contribution in [0.2, 0.25) is 0 Å². The second-order valence-corrected chi connectivity index (χ2v) is 3.92. The van der Waals surface area contributed by atoms with E-state index in [4.69, 9.17) is 10.0 Å². The molecule has 2 nitrogen and oxygen atoms in total. The molecule has 1 aromatic heterocycles. The third-order valence-electron chi connectivity index (χ3n) is 2.01. The largest absolute Gasteiger partial charge is 0.488 e. The van der Waals surface area contributed by atoms with E-state index >= 15 is 0 Å². The van der Waals surface area contributed by atoms with Gasteiger partial charge in [0.15, 0.2) is 0 Å². The van der Waals surface area contributed by atoms with Gasteiger partial charge < -0.3 is 10.0 Å². The van der Waals surface area contributed by atoms with Gasteiger partial charge in [-0.15, -0.1) is 11.3 Å². The third kappa shape index (κ3) is 1.87. The highest BCUT2D eigenvalue weighted by molar-refractivity contribution is 7.13. The SMILES string of the molecule is OB(O)c1ccc(-c2cccs2)cc1. The van der Waals surface area contributed by atoms with Crippen LogP contribution in [0.25, 0.3) is 10.4 Å². The molecule has 0 saturated heterocycles. The lowest BCUT2D eigenvalue weighted by Gasteiger charge is -2.00. The Kier molecular flexibility index (Phi) is 2.68. The number of benzene rings is 1. The monoisotopic (exact) mass is 204 g/mol. The van der Waals surface area contributed by atoms with E-state index in [0.717, 1.165) is 5.56 Å². The van der Waals surface area contributed by atoms with E-state index in [-0.39, 0.29) is 0 Å². The standard InChI is InChI=1S/C10H9BO2S/c12-11(13)9-5-3-8(4-6-9)10-2-1-7-14-10/h1-7,12-13H. The fourth-order valence-corrected chi connectivity index (χ4v) is 2.00. The predicted molar refractivity (Wildman–Crippen MR) is 59.6 cm³/mol. The van der Waals surface area contributed by atoms with Crippen LogP contribution in [0.5, 0.6) is 0 Å². The zero-order chi connectivity index (χ0) is 9.97. The molecular weight excluding hydrogens is 195 g/mol. The molecule has 2 aromatic rings. The highest BCUT2D eigenvalue weighted by atomic mass is 32.1. The van der Waals surface area contributed by atoms with Crippen LogP contribution in [0.1, 0.15) is 0 Å². The van der Waals surface area contributed by atoms with Gasteiger partial charge in [0, 0.05) is 4.88 Å². The number of rotatable bonds is 2. The van der Waals surface area contributed by atoms with Gasteiger partial charge in [-0.25, -0.2) is 0 Å². The molecule has 0 spiro atoms. The molecule has 0 amide bonds. The average molecular weight is 204 g/mol. The Bertz CT molecular complexity index is 395. The van der Waals surface area contributed by atoms with Crippen molar-refractivity contribution in [1.29, 1.82) is 0 Å². The first-order valence-corrected chi connectivity index (χ1v) is 5.15. The molecule has 0 aliphatic heterocycles. The average Bonchev–Trinajstić information content (AvgIpc) is 2.71. The molecule has 4 heteroatoms. The van der Waals surface area contributed by atoms with Gasteiger partial charge >= 0.3 is 7.12 Å². The quantitative estimate of drug-likeness (QED) is 0.719. The first kappa shape index (κ1) is 9.46. The molecule has 0 saturated carbocycles. The summed E-state index contributed by atoms with van der Waals surface area (Å²) in [5.41, 5.74) is 1.62. The predicted octanol–water partition coefficient (Wildman–Crippen LogP) is 1.09. The molecular formula is C10H9BO2S. The van der Waals surface area contributed by atoms with Gasteiger partial charge in [-0.05, 0) is 22.5 Å². The summed E-state index contributed by atoms with van der Waals surface area (Å²) in [6, 6.07) is 11.3. The van der Waals surface area contributed by atoms with Crippen LogP contribution in [0.3, 0.4) is 0 Å². The van der Waals surface area contributed by atoms with Gasteiger partial charge in [-0.1, -0.05) is 30.3 Å². The van der Waals surface area contributed by atoms with E-state index in [2.05, 4.69) is 0 Å². The van der Waals surface area contributed by atoms with E-state index in [9.17, 15) is 0 Å². The summed E-state index contributed by atoms with van der Waals surface area (Å²) in [4.78, 5) is 1.18. The van der Waals surface area contributed by atoms with Gasteiger partial charge in [0.25, 0.3) is 0 Å². The van der Waals surface area contributed by atoms with Crippen LogP contribution < -0.4 is 5.46 Å². The Morgan fingerprint density at radius 1 is 1.00 bits per heavy atom. The molecule has 2 N–H and O–H groups in total. The van der Waals surface area contributed by atoms with Crippen molar-refractivity contribution < 1.29 is 10.0 Å². The summed E-state index contributed by atoms with van der Waals surface area (Å²) < 4.78 is 0. The molecule has 0 fully saturated rings. The van der Waals surface area contributed by atoms with Gasteiger partial charge in [0.2, 0.25) is 0 Å². The molecule has 0 bridgehead atoms. The molecule has 2 rings (SSSR count). The minimum Gasteiger partial charge on any atom is -0.423 e. The second kappa shape index (κ2) is 3.96. The first-order valence-electron chi connectivity index (χ1n) is 4.27. The maximum Gasteiger partial charge on any atom is 0.488 e. The van der Waals surface area contributed by atoms with Crippen LogP contribution >= 0.6 is 11.3 Å². The molecule has 1 heterocycles. The molecule has 0 unspecified atom stereocenters. The van der Waals surface area contributed by atoms with Crippen molar-refractivity contribution in [2.24, 2.45) is 0 Å². The number of hydrogen-bond acceptors (Lipinski definition) is 3. The Hall–Kier alpha value is -1.10. The summed E-state index contributed by atoms with van der Waals surface area (Å²) in [6.07, 6.45) is 0. The van der Waals surface area contributed by atoms with Crippen molar-refractivity contribution in [1.82, 2.24) is 0 Å². The summed E-state index contributed by atoms with van der Waals surface area (Å²) in [7, 11) is -1.38. The smallest absolute Gasteiger partial charge is 0.423 e. The highest BCUT2D eigenvalue weighted by Crippen LogP contribution is 2.23. The van der Waals surface area contributed by atoms with Crippen LogP contribution in [-0.2, 0) is 0 Å². The highest BCUT2D eigenvalue weighted by Gasteiger charge is 2.09. The van der Waals surface area contributed by atoms with Crippen molar-refractivity contribution in [2.75, 3.05) is 0 Å². The Morgan fingerprint density at radius 3 is 2.21 bits per heavy atom. The molecule has 0 radical (unpaired) electrons. The van der Waals surface area contributed by atoms with Crippen molar-refractivity contribution in [3.8, 4) is 10.4 Å². The lowest BCUT2D eigenvalue weighted by atomic mass is 9.80. The lowest BCUT2D eigenvalue weighted by molar-refractivity contribution is 0.426. The Balaban J connectivity index is 2.31. The van der Waals surface area contributed by atoms with Gasteiger partial charge in [-0.3, -0.25) is 0 Å². The van der Waals surface area contributed by atoms with E-state index < -0.39 is 7.12 Å². The zero-order valence-corrected chi connectivity index (χ0v) is 8.24. The molecule has 70 valence electrons. The third-order valence-corrected chi connectivity index (χ3v) is 2.93. The first-order chi connectivity index (χ1) is 6.77. The maximum absolute atomic E-state index is 8.90. The number of thiophene rings is 1. The van der Waals surface area contributed by atoms with Crippen LogP contribution in [0.4, 0.5) is 0 Å². The summed E-state index contributed by atoms with van der Waals surface area (Å²) in [6.45, 7) is 0. The van der Waals surface area contributed by atoms with E-state index in [0.29, 0.717) is 5.46 Å². The summed E-state index contributed by atoms with van der Waals surface area (Å²) >= 11 is 1.67. The molecule has 0 atom stereocenters. The molecule has 0 aliphatic carbocycles. The van der Waals surface area contributed by atoms with E-state index in [1.54, 1.807) is 23.5 Å². The molecule has 1 aromatic carbocycles. The zero-order valence-electron chi connectivity index (χ0n) is 7.42. The van der Waals surface area contributed by atoms with Gasteiger partial charge in [-0.2, -0.15) is 0 Å². The van der Waals surface area contributed by atoms with Crippen molar-refractivity contribution in [3.63, 3.8) is 0 Å². The second-order valence-electron chi connectivity index (χ2n) is 2.97. The maximum atomic E-state index is 8.90. The minimum atomic E-state index is -1.38. The Labute approximate surface area is 86.6 Å². The van der Waals surface area contributed by atoms with E-state index in [1.807, 2.05) is 29.6 Å². The van der Waals surface area contributed by atoms with Crippen molar-refractivity contribution in [2.45, 2.75) is 0 Å². The fourth-order valence-electron chi connectivity index (χ4n) is 1.26. The Morgan fingerprint density at radius 2 is 1.71 bits per heavy atom. The topological polar surface area (TPSA) is 40.5 Å². The van der Waals surface area contributed by atoms with Crippen LogP contribution in [0, 0.1) is 0 Å². The minimum absolute atomic E-state index is 0.519. The number of hydrogen-bond donors (Lipinski definition) is 2.